The van der Waals surface area contributed by atoms with Crippen molar-refractivity contribution in [1.82, 2.24) is 4.57 Å². The van der Waals surface area contributed by atoms with Gasteiger partial charge in [-0.15, -0.1) is 0 Å². The van der Waals surface area contributed by atoms with Crippen molar-refractivity contribution in [3.05, 3.63) is 29.9 Å². The summed E-state index contributed by atoms with van der Waals surface area (Å²) in [5.74, 6) is -0.935. The third kappa shape index (κ3) is 1.93. The lowest BCUT2D eigenvalue weighted by Gasteiger charge is -2.00. The van der Waals surface area contributed by atoms with Crippen LogP contribution in [0.3, 0.4) is 0 Å². The van der Waals surface area contributed by atoms with E-state index in [-0.39, 0.29) is 12.0 Å². The van der Waals surface area contributed by atoms with Crippen molar-refractivity contribution < 1.29 is 9.90 Å². The summed E-state index contributed by atoms with van der Waals surface area (Å²) in [5.41, 5.74) is 0.204. The quantitative estimate of drug-likeness (QED) is 0.589. The molecule has 58 valence electrons. The van der Waals surface area contributed by atoms with E-state index in [9.17, 15) is 4.79 Å². The molecule has 2 N–H and O–H groups in total. The molecular formula is C7H8N2O2. The molecule has 11 heavy (non-hydrogen) atoms. The van der Waals surface area contributed by atoms with Crippen LogP contribution >= 0.6 is 0 Å². The van der Waals surface area contributed by atoms with Crippen LogP contribution in [0.1, 0.15) is 0 Å². The van der Waals surface area contributed by atoms with Crippen molar-refractivity contribution in [2.45, 2.75) is 6.54 Å². The van der Waals surface area contributed by atoms with Gasteiger partial charge in [0.15, 0.2) is 0 Å². The summed E-state index contributed by atoms with van der Waals surface area (Å²) >= 11 is 0. The Hall–Kier alpha value is -1.58. The lowest BCUT2D eigenvalue weighted by molar-refractivity contribution is -0.137. The van der Waals surface area contributed by atoms with Gasteiger partial charge in [0.1, 0.15) is 12.0 Å². The lowest BCUT2D eigenvalue weighted by Crippen LogP contribution is -2.22. The van der Waals surface area contributed by atoms with Gasteiger partial charge >= 0.3 is 5.97 Å². The summed E-state index contributed by atoms with van der Waals surface area (Å²) in [7, 11) is 0. The highest BCUT2D eigenvalue weighted by Gasteiger charge is 1.96. The molecule has 0 aromatic carbocycles. The van der Waals surface area contributed by atoms with Crippen LogP contribution < -0.4 is 5.49 Å². The zero-order valence-electron chi connectivity index (χ0n) is 5.82. The predicted octanol–water partition coefficient (Wildman–Crippen LogP) is 0.0522. The average molecular weight is 153 g/mol. The third-order valence-corrected chi connectivity index (χ3v) is 1.25. The van der Waals surface area contributed by atoms with Crippen molar-refractivity contribution in [1.29, 1.82) is 5.41 Å². The van der Waals surface area contributed by atoms with E-state index in [0.717, 1.165) is 0 Å². The largest absolute Gasteiger partial charge is 0.480 e. The minimum atomic E-state index is -0.935. The van der Waals surface area contributed by atoms with Crippen LogP contribution in [0.25, 0.3) is 0 Å². The number of hydrogen-bond acceptors (Lipinski definition) is 2. The normalized spacial score (nSPS) is 9.45. The summed E-state index contributed by atoms with van der Waals surface area (Å²) in [4.78, 5) is 10.2. The standard InChI is InChI=1S/C7H8N2O2/c8-6-3-1-2-4-9(6)5-7(10)11/h1-4,8H,5H2,(H,10,11)/i5+1. The molecule has 1 aromatic rings. The van der Waals surface area contributed by atoms with Crippen LogP contribution in [0.15, 0.2) is 24.4 Å². The van der Waals surface area contributed by atoms with Crippen molar-refractivity contribution in [3.8, 4) is 0 Å². The Kier molecular flexibility index (Phi) is 2.06. The Morgan fingerprint density at radius 2 is 2.36 bits per heavy atom. The first-order valence-electron chi connectivity index (χ1n) is 3.12. The van der Waals surface area contributed by atoms with Gasteiger partial charge in [-0.05, 0) is 12.1 Å². The Bertz CT molecular complexity index is 316. The van der Waals surface area contributed by atoms with Crippen LogP contribution in [0.2, 0.25) is 0 Å². The maximum atomic E-state index is 10.2. The number of hydrogen-bond donors (Lipinski definition) is 2. The highest BCUT2D eigenvalue weighted by Crippen LogP contribution is 1.80. The van der Waals surface area contributed by atoms with E-state index in [1.54, 1.807) is 24.4 Å². The van der Waals surface area contributed by atoms with Crippen molar-refractivity contribution in [2.24, 2.45) is 0 Å². The van der Waals surface area contributed by atoms with Gasteiger partial charge in [0.05, 0.1) is 0 Å². The zero-order valence-corrected chi connectivity index (χ0v) is 5.82. The van der Waals surface area contributed by atoms with Gasteiger partial charge in [0.2, 0.25) is 0 Å². The van der Waals surface area contributed by atoms with E-state index in [1.165, 1.54) is 4.57 Å². The number of carboxylic acids is 1. The fourth-order valence-corrected chi connectivity index (χ4v) is 0.760. The second-order valence-corrected chi connectivity index (χ2v) is 2.11. The lowest BCUT2D eigenvalue weighted by atomic mass is 10.5. The first-order valence-corrected chi connectivity index (χ1v) is 3.12. The third-order valence-electron chi connectivity index (χ3n) is 1.25. The van der Waals surface area contributed by atoms with E-state index >= 15 is 0 Å². The van der Waals surface area contributed by atoms with Gasteiger partial charge in [0, 0.05) is 6.20 Å². The molecule has 0 spiro atoms. The summed E-state index contributed by atoms with van der Waals surface area (Å²) in [6.07, 6.45) is 1.57. The number of aliphatic carboxylic acids is 1. The van der Waals surface area contributed by atoms with Gasteiger partial charge in [0.25, 0.3) is 0 Å². The van der Waals surface area contributed by atoms with Gasteiger partial charge in [-0.3, -0.25) is 10.2 Å². The Balaban J connectivity index is 2.95. The van der Waals surface area contributed by atoms with Gasteiger partial charge in [-0.2, -0.15) is 0 Å². The fraction of sp³-hybridized carbons (Fsp3) is 0.143. The van der Waals surface area contributed by atoms with Gasteiger partial charge in [-0.1, -0.05) is 6.07 Å². The summed E-state index contributed by atoms with van der Waals surface area (Å²) in [5, 5.41) is 15.7. The highest BCUT2D eigenvalue weighted by atomic mass is 16.4. The first kappa shape index (κ1) is 7.53. The van der Waals surface area contributed by atoms with E-state index < -0.39 is 5.97 Å². The number of carbonyl (C=O) groups is 1. The molecule has 4 nitrogen and oxygen atoms in total. The predicted molar refractivity (Wildman–Crippen MR) is 37.9 cm³/mol. The number of carboxylic acid groups (broad SMARTS) is 1. The van der Waals surface area contributed by atoms with Crippen molar-refractivity contribution >= 4 is 5.97 Å². The van der Waals surface area contributed by atoms with E-state index in [1.807, 2.05) is 0 Å². The van der Waals surface area contributed by atoms with Crippen LogP contribution in [-0.2, 0) is 11.3 Å². The van der Waals surface area contributed by atoms with Crippen LogP contribution in [0.4, 0.5) is 0 Å². The average Bonchev–Trinajstić information content (AvgIpc) is 1.93. The van der Waals surface area contributed by atoms with E-state index in [0.29, 0.717) is 0 Å². The fourth-order valence-electron chi connectivity index (χ4n) is 0.760. The van der Waals surface area contributed by atoms with Crippen LogP contribution in [-0.4, -0.2) is 15.6 Å². The summed E-state index contributed by atoms with van der Waals surface area (Å²) in [6, 6.07) is 4.94. The van der Waals surface area contributed by atoms with Gasteiger partial charge in [-0.25, -0.2) is 0 Å². The van der Waals surface area contributed by atoms with Crippen LogP contribution in [0.5, 0.6) is 0 Å². The maximum absolute atomic E-state index is 10.2. The SMILES string of the molecule is N=c1ccccn1[13CH2]C(=O)O. The smallest absolute Gasteiger partial charge is 0.323 e. The number of nitrogens with one attached hydrogen (secondary N) is 1. The topological polar surface area (TPSA) is 66.1 Å². The molecule has 1 heterocycles. The molecule has 4 heteroatoms. The van der Waals surface area contributed by atoms with Gasteiger partial charge < -0.3 is 9.67 Å². The monoisotopic (exact) mass is 153 g/mol. The molecule has 1 rings (SSSR count). The molecule has 0 saturated carbocycles. The first-order chi connectivity index (χ1) is 5.20. The van der Waals surface area contributed by atoms with Crippen molar-refractivity contribution in [2.75, 3.05) is 0 Å². The molecule has 0 aliphatic heterocycles. The molecule has 0 fully saturated rings. The minimum absolute atomic E-state index is 0.153. The number of aromatic nitrogens is 1. The second-order valence-electron chi connectivity index (χ2n) is 2.11. The Morgan fingerprint density at radius 3 is 2.91 bits per heavy atom. The highest BCUT2D eigenvalue weighted by molar-refractivity contribution is 5.66. The molecule has 0 radical (unpaired) electrons. The number of nitrogens with zero attached hydrogens (tertiary/aromatic N) is 1. The number of rotatable bonds is 2. The summed E-state index contributed by atoms with van der Waals surface area (Å²) in [6.45, 7) is -0.153. The maximum Gasteiger partial charge on any atom is 0.323 e. The molecule has 0 unspecified atom stereocenters. The molecule has 0 atom stereocenters. The summed E-state index contributed by atoms with van der Waals surface area (Å²) < 4.78 is 1.35. The molecule has 0 aliphatic carbocycles. The molecular weight excluding hydrogens is 145 g/mol. The Labute approximate surface area is 63.2 Å². The minimum Gasteiger partial charge on any atom is -0.480 e. The van der Waals surface area contributed by atoms with E-state index in [2.05, 4.69) is 0 Å². The molecule has 0 saturated heterocycles. The second kappa shape index (κ2) is 3.01. The van der Waals surface area contributed by atoms with Crippen molar-refractivity contribution in [3.63, 3.8) is 0 Å². The van der Waals surface area contributed by atoms with Crippen LogP contribution in [0, 0.1) is 5.41 Å². The molecule has 0 aliphatic rings. The molecule has 1 aromatic heterocycles. The zero-order chi connectivity index (χ0) is 8.27. The van der Waals surface area contributed by atoms with E-state index in [4.69, 9.17) is 10.5 Å². The molecule has 0 bridgehead atoms. The Morgan fingerprint density at radius 1 is 1.64 bits per heavy atom. The molecule has 0 amide bonds. The number of pyridine rings is 1.